The summed E-state index contributed by atoms with van der Waals surface area (Å²) in [6.07, 6.45) is 7.28. The number of aromatic nitrogens is 1. The van der Waals surface area contributed by atoms with E-state index in [0.29, 0.717) is 12.2 Å². The van der Waals surface area contributed by atoms with Gasteiger partial charge in [0, 0.05) is 6.54 Å². The minimum Gasteiger partial charge on any atom is -0.477 e. The third kappa shape index (κ3) is 4.32. The first-order valence-corrected chi connectivity index (χ1v) is 5.77. The molecule has 2 N–H and O–H groups in total. The van der Waals surface area contributed by atoms with E-state index in [0.717, 1.165) is 6.42 Å². The summed E-state index contributed by atoms with van der Waals surface area (Å²) in [5, 5.41) is 11.3. The van der Waals surface area contributed by atoms with Crippen LogP contribution in [0.25, 0.3) is 0 Å². The average Bonchev–Trinajstić information content (AvgIpc) is 2.39. The molecule has 0 spiro atoms. The van der Waals surface area contributed by atoms with Crippen LogP contribution in [0.4, 0.5) is 10.5 Å². The predicted molar refractivity (Wildman–Crippen MR) is 70.9 cm³/mol. The number of rotatable bonds is 5. The topological polar surface area (TPSA) is 82.5 Å². The Bertz CT molecular complexity index is 491. The number of amides is 2. The third-order valence-corrected chi connectivity index (χ3v) is 2.30. The minimum atomic E-state index is -1.11. The molecule has 0 aliphatic heterocycles. The number of aromatic carboxylic acids is 1. The van der Waals surface area contributed by atoms with Gasteiger partial charge in [-0.3, -0.25) is 0 Å². The Morgan fingerprint density at radius 3 is 2.74 bits per heavy atom. The number of nitrogens with zero attached hydrogens (tertiary/aromatic N) is 2. The van der Waals surface area contributed by atoms with E-state index in [1.165, 1.54) is 23.2 Å². The summed E-state index contributed by atoms with van der Waals surface area (Å²) in [5.41, 5.74) is 0.347. The molecule has 0 aliphatic carbocycles. The van der Waals surface area contributed by atoms with Crippen molar-refractivity contribution in [1.29, 1.82) is 0 Å². The molecule has 0 aromatic carbocycles. The SMILES string of the molecule is C#CCN(CCC)C(=O)Nc1ccc(C(=O)O)nc1. The zero-order valence-corrected chi connectivity index (χ0v) is 10.6. The molecule has 19 heavy (non-hydrogen) atoms. The number of terminal acetylenes is 1. The highest BCUT2D eigenvalue weighted by atomic mass is 16.4. The molecular weight excluding hydrogens is 246 g/mol. The molecular formula is C13H15N3O3. The van der Waals surface area contributed by atoms with Crippen LogP contribution in [0.1, 0.15) is 23.8 Å². The van der Waals surface area contributed by atoms with Gasteiger partial charge in [0.15, 0.2) is 0 Å². The second kappa shape index (κ2) is 7.01. The van der Waals surface area contributed by atoms with Gasteiger partial charge in [-0.25, -0.2) is 14.6 Å². The van der Waals surface area contributed by atoms with Gasteiger partial charge in [-0.15, -0.1) is 6.42 Å². The van der Waals surface area contributed by atoms with Gasteiger partial charge >= 0.3 is 12.0 Å². The van der Waals surface area contributed by atoms with Gasteiger partial charge in [-0.05, 0) is 18.6 Å². The number of urea groups is 1. The van der Waals surface area contributed by atoms with Crippen molar-refractivity contribution < 1.29 is 14.7 Å². The molecule has 0 aliphatic rings. The van der Waals surface area contributed by atoms with Gasteiger partial charge in [0.25, 0.3) is 0 Å². The summed E-state index contributed by atoms with van der Waals surface area (Å²) < 4.78 is 0. The zero-order chi connectivity index (χ0) is 14.3. The number of carbonyl (C=O) groups is 2. The van der Waals surface area contributed by atoms with Crippen molar-refractivity contribution in [1.82, 2.24) is 9.88 Å². The average molecular weight is 261 g/mol. The van der Waals surface area contributed by atoms with E-state index in [-0.39, 0.29) is 18.3 Å². The molecule has 1 heterocycles. The largest absolute Gasteiger partial charge is 0.477 e. The van der Waals surface area contributed by atoms with Gasteiger partial charge in [-0.1, -0.05) is 12.8 Å². The Kier molecular flexibility index (Phi) is 5.35. The van der Waals surface area contributed by atoms with Crippen molar-refractivity contribution in [2.75, 3.05) is 18.4 Å². The number of carbonyl (C=O) groups excluding carboxylic acids is 1. The maximum absolute atomic E-state index is 11.9. The van der Waals surface area contributed by atoms with E-state index >= 15 is 0 Å². The van der Waals surface area contributed by atoms with Crippen LogP contribution in [0, 0.1) is 12.3 Å². The third-order valence-electron chi connectivity index (χ3n) is 2.30. The van der Waals surface area contributed by atoms with Crippen LogP contribution >= 0.6 is 0 Å². The Morgan fingerprint density at radius 2 is 2.26 bits per heavy atom. The maximum atomic E-state index is 11.9. The fourth-order valence-electron chi connectivity index (χ4n) is 1.43. The first-order chi connectivity index (χ1) is 9.08. The Hall–Kier alpha value is -2.55. The summed E-state index contributed by atoms with van der Waals surface area (Å²) in [6, 6.07) is 2.47. The monoisotopic (exact) mass is 261 g/mol. The van der Waals surface area contributed by atoms with Gasteiger partial charge < -0.3 is 15.3 Å². The molecule has 6 nitrogen and oxygen atoms in total. The lowest BCUT2D eigenvalue weighted by Crippen LogP contribution is -2.35. The summed E-state index contributed by atoms with van der Waals surface area (Å²) in [5.74, 6) is 1.30. The number of hydrogen-bond donors (Lipinski definition) is 2. The number of pyridine rings is 1. The molecule has 1 aromatic heterocycles. The van der Waals surface area contributed by atoms with Gasteiger partial charge in [-0.2, -0.15) is 0 Å². The van der Waals surface area contributed by atoms with E-state index in [4.69, 9.17) is 11.5 Å². The summed E-state index contributed by atoms with van der Waals surface area (Å²) >= 11 is 0. The second-order valence-corrected chi connectivity index (χ2v) is 3.79. The van der Waals surface area contributed by atoms with E-state index in [2.05, 4.69) is 16.2 Å². The molecule has 2 amide bonds. The number of hydrogen-bond acceptors (Lipinski definition) is 3. The van der Waals surface area contributed by atoms with Crippen LogP contribution in [0.5, 0.6) is 0 Å². The summed E-state index contributed by atoms with van der Waals surface area (Å²) in [6.45, 7) is 2.72. The number of carboxylic acids is 1. The smallest absolute Gasteiger partial charge is 0.354 e. The van der Waals surface area contributed by atoms with Crippen LogP contribution in [-0.2, 0) is 0 Å². The fourth-order valence-corrected chi connectivity index (χ4v) is 1.43. The van der Waals surface area contributed by atoms with E-state index in [1.807, 2.05) is 6.92 Å². The summed E-state index contributed by atoms with van der Waals surface area (Å²) in [4.78, 5) is 27.7. The van der Waals surface area contributed by atoms with Crippen molar-refractivity contribution >= 4 is 17.7 Å². The Balaban J connectivity index is 2.70. The second-order valence-electron chi connectivity index (χ2n) is 3.79. The fraction of sp³-hybridized carbons (Fsp3) is 0.308. The lowest BCUT2D eigenvalue weighted by molar-refractivity contribution is 0.0690. The molecule has 0 unspecified atom stereocenters. The van der Waals surface area contributed by atoms with Crippen LogP contribution < -0.4 is 5.32 Å². The van der Waals surface area contributed by atoms with Gasteiger partial charge in [0.2, 0.25) is 0 Å². The van der Waals surface area contributed by atoms with Crippen molar-refractivity contribution in [2.24, 2.45) is 0 Å². The number of nitrogens with one attached hydrogen (secondary N) is 1. The molecule has 0 fully saturated rings. The van der Waals surface area contributed by atoms with Gasteiger partial charge in [0.05, 0.1) is 18.4 Å². The van der Waals surface area contributed by atoms with Crippen LogP contribution in [0.15, 0.2) is 18.3 Å². The zero-order valence-electron chi connectivity index (χ0n) is 10.6. The molecule has 0 saturated carbocycles. The quantitative estimate of drug-likeness (QED) is 0.790. The molecule has 0 atom stereocenters. The highest BCUT2D eigenvalue weighted by Crippen LogP contribution is 2.07. The highest BCUT2D eigenvalue weighted by molar-refractivity contribution is 5.90. The molecule has 6 heteroatoms. The van der Waals surface area contributed by atoms with E-state index in [1.54, 1.807) is 0 Å². The molecule has 1 rings (SSSR count). The van der Waals surface area contributed by atoms with E-state index < -0.39 is 5.97 Å². The van der Waals surface area contributed by atoms with Crippen molar-refractivity contribution in [3.05, 3.63) is 24.0 Å². The predicted octanol–water partition coefficient (Wildman–Crippen LogP) is 1.66. The first-order valence-electron chi connectivity index (χ1n) is 5.77. The van der Waals surface area contributed by atoms with Crippen LogP contribution in [0.3, 0.4) is 0 Å². The Morgan fingerprint density at radius 1 is 1.53 bits per heavy atom. The molecule has 0 radical (unpaired) electrons. The van der Waals surface area contributed by atoms with Crippen LogP contribution in [0.2, 0.25) is 0 Å². The standard InChI is InChI=1S/C13H15N3O3/c1-3-7-16(8-4-2)13(19)15-10-5-6-11(12(17)18)14-9-10/h1,5-6,9H,4,7-8H2,2H3,(H,15,19)(H,17,18). The van der Waals surface area contributed by atoms with Crippen molar-refractivity contribution in [3.63, 3.8) is 0 Å². The molecule has 100 valence electrons. The molecule has 0 saturated heterocycles. The van der Waals surface area contributed by atoms with Crippen molar-refractivity contribution in [3.8, 4) is 12.3 Å². The lowest BCUT2D eigenvalue weighted by atomic mass is 10.3. The van der Waals surface area contributed by atoms with E-state index in [9.17, 15) is 9.59 Å². The molecule has 0 bridgehead atoms. The number of anilines is 1. The van der Waals surface area contributed by atoms with Crippen molar-refractivity contribution in [2.45, 2.75) is 13.3 Å². The number of carboxylic acid groups (broad SMARTS) is 1. The lowest BCUT2D eigenvalue weighted by Gasteiger charge is -2.19. The molecule has 1 aromatic rings. The first kappa shape index (κ1) is 14.5. The highest BCUT2D eigenvalue weighted by Gasteiger charge is 2.12. The van der Waals surface area contributed by atoms with Crippen LogP contribution in [-0.4, -0.2) is 40.1 Å². The summed E-state index contributed by atoms with van der Waals surface area (Å²) in [7, 11) is 0. The minimum absolute atomic E-state index is 0.0768. The normalized spacial score (nSPS) is 9.47. The Labute approximate surface area is 111 Å². The van der Waals surface area contributed by atoms with Gasteiger partial charge in [0.1, 0.15) is 5.69 Å². The maximum Gasteiger partial charge on any atom is 0.354 e.